The summed E-state index contributed by atoms with van der Waals surface area (Å²) in [6, 6.07) is 12.4. The zero-order chi connectivity index (χ0) is 15.2. The fourth-order valence-electron chi connectivity index (χ4n) is 1.76. The number of amides is 1. The van der Waals surface area contributed by atoms with Gasteiger partial charge in [0.05, 0.1) is 13.0 Å². The topological polar surface area (TPSA) is 64.3 Å². The molecule has 21 heavy (non-hydrogen) atoms. The van der Waals surface area contributed by atoms with E-state index in [2.05, 4.69) is 5.32 Å². The van der Waals surface area contributed by atoms with Crippen LogP contribution < -0.4 is 15.8 Å². The van der Waals surface area contributed by atoms with E-state index in [9.17, 15) is 4.79 Å². The number of carbonyl (C=O) groups is 1. The Kier molecular flexibility index (Phi) is 5.06. The van der Waals surface area contributed by atoms with Crippen LogP contribution in [-0.2, 0) is 4.79 Å². The first-order valence-electron chi connectivity index (χ1n) is 6.59. The van der Waals surface area contributed by atoms with E-state index < -0.39 is 0 Å². The van der Waals surface area contributed by atoms with Crippen molar-refractivity contribution in [3.05, 3.63) is 53.1 Å². The first-order chi connectivity index (χ1) is 10.0. The van der Waals surface area contributed by atoms with Crippen molar-refractivity contribution in [3.8, 4) is 5.75 Å². The van der Waals surface area contributed by atoms with Crippen molar-refractivity contribution in [2.24, 2.45) is 0 Å². The summed E-state index contributed by atoms with van der Waals surface area (Å²) in [4.78, 5) is 11.8. The van der Waals surface area contributed by atoms with Gasteiger partial charge in [0.2, 0.25) is 5.91 Å². The van der Waals surface area contributed by atoms with Crippen LogP contribution in [0.4, 0.5) is 11.4 Å². The number of carbonyl (C=O) groups excluding carboxylic acids is 1. The van der Waals surface area contributed by atoms with Gasteiger partial charge in [-0.15, -0.1) is 0 Å². The van der Waals surface area contributed by atoms with Crippen molar-refractivity contribution in [1.29, 1.82) is 0 Å². The van der Waals surface area contributed by atoms with Gasteiger partial charge in [-0.25, -0.2) is 0 Å². The highest BCUT2D eigenvalue weighted by Gasteiger charge is 2.04. The normalized spacial score (nSPS) is 10.2. The Morgan fingerprint density at radius 3 is 2.62 bits per heavy atom. The minimum absolute atomic E-state index is 0.106. The van der Waals surface area contributed by atoms with Crippen LogP contribution in [0.25, 0.3) is 0 Å². The molecule has 2 aromatic rings. The summed E-state index contributed by atoms with van der Waals surface area (Å²) in [7, 11) is 0. The van der Waals surface area contributed by atoms with Gasteiger partial charge in [0, 0.05) is 16.4 Å². The van der Waals surface area contributed by atoms with Gasteiger partial charge in [-0.1, -0.05) is 11.6 Å². The third-order valence-electron chi connectivity index (χ3n) is 2.92. The van der Waals surface area contributed by atoms with Crippen LogP contribution in [0.2, 0.25) is 5.02 Å². The van der Waals surface area contributed by atoms with Crippen molar-refractivity contribution < 1.29 is 9.53 Å². The molecule has 0 atom stereocenters. The van der Waals surface area contributed by atoms with Gasteiger partial charge in [0.1, 0.15) is 5.75 Å². The number of benzene rings is 2. The SMILES string of the molecule is Cc1cc(OCCC(=O)Nc2ccc(N)cc2)ccc1Cl. The van der Waals surface area contributed by atoms with E-state index in [-0.39, 0.29) is 12.3 Å². The van der Waals surface area contributed by atoms with Gasteiger partial charge >= 0.3 is 0 Å². The molecule has 0 radical (unpaired) electrons. The Hall–Kier alpha value is -2.20. The molecule has 0 unspecified atom stereocenters. The second-order valence-corrected chi connectivity index (χ2v) is 5.09. The summed E-state index contributed by atoms with van der Waals surface area (Å²) in [6.07, 6.45) is 0.270. The maximum atomic E-state index is 11.8. The number of hydrogen-bond donors (Lipinski definition) is 2. The number of rotatable bonds is 5. The minimum Gasteiger partial charge on any atom is -0.493 e. The highest BCUT2D eigenvalue weighted by atomic mass is 35.5. The van der Waals surface area contributed by atoms with Crippen LogP contribution in [0.15, 0.2) is 42.5 Å². The molecular formula is C16H17ClN2O2. The fourth-order valence-corrected chi connectivity index (χ4v) is 1.88. The largest absolute Gasteiger partial charge is 0.493 e. The predicted octanol–water partition coefficient (Wildman–Crippen LogP) is 3.64. The maximum absolute atomic E-state index is 11.8. The molecule has 1 amide bonds. The van der Waals surface area contributed by atoms with E-state index >= 15 is 0 Å². The summed E-state index contributed by atoms with van der Waals surface area (Å²) in [5.41, 5.74) is 7.91. The van der Waals surface area contributed by atoms with E-state index in [1.807, 2.05) is 13.0 Å². The number of halogens is 1. The number of anilines is 2. The summed E-state index contributed by atoms with van der Waals surface area (Å²) in [5.74, 6) is 0.600. The van der Waals surface area contributed by atoms with Crippen molar-refractivity contribution in [1.82, 2.24) is 0 Å². The number of nitrogens with two attached hydrogens (primary N) is 1. The summed E-state index contributed by atoms with van der Waals surface area (Å²) in [5, 5.41) is 3.48. The molecule has 0 aliphatic carbocycles. The zero-order valence-electron chi connectivity index (χ0n) is 11.7. The molecule has 0 aliphatic heterocycles. The Morgan fingerprint density at radius 1 is 1.24 bits per heavy atom. The molecular weight excluding hydrogens is 288 g/mol. The molecule has 0 spiro atoms. The Morgan fingerprint density at radius 2 is 1.95 bits per heavy atom. The van der Waals surface area contributed by atoms with Crippen LogP contribution >= 0.6 is 11.6 Å². The molecule has 110 valence electrons. The molecule has 3 N–H and O–H groups in total. The van der Waals surface area contributed by atoms with Crippen molar-refractivity contribution in [3.63, 3.8) is 0 Å². The third kappa shape index (κ3) is 4.68. The van der Waals surface area contributed by atoms with Gasteiger partial charge in [-0.2, -0.15) is 0 Å². The Labute approximate surface area is 128 Å². The molecule has 0 aromatic heterocycles. The van der Waals surface area contributed by atoms with Crippen LogP contribution in [0.5, 0.6) is 5.75 Å². The lowest BCUT2D eigenvalue weighted by Gasteiger charge is -2.08. The highest BCUT2D eigenvalue weighted by molar-refractivity contribution is 6.31. The highest BCUT2D eigenvalue weighted by Crippen LogP contribution is 2.21. The number of nitrogen functional groups attached to an aromatic ring is 1. The molecule has 5 heteroatoms. The van der Waals surface area contributed by atoms with E-state index in [1.54, 1.807) is 36.4 Å². The molecule has 0 heterocycles. The smallest absolute Gasteiger partial charge is 0.227 e. The molecule has 2 rings (SSSR count). The van der Waals surface area contributed by atoms with Gasteiger partial charge in [0.15, 0.2) is 0 Å². The lowest BCUT2D eigenvalue weighted by molar-refractivity contribution is -0.116. The molecule has 0 saturated carbocycles. The van der Waals surface area contributed by atoms with Gasteiger partial charge in [-0.05, 0) is 55.0 Å². The molecule has 0 bridgehead atoms. The summed E-state index contributed by atoms with van der Waals surface area (Å²) < 4.78 is 5.53. The molecule has 2 aromatic carbocycles. The number of ether oxygens (including phenoxy) is 1. The predicted molar refractivity (Wildman–Crippen MR) is 85.8 cm³/mol. The first kappa shape index (κ1) is 15.2. The minimum atomic E-state index is -0.106. The zero-order valence-corrected chi connectivity index (χ0v) is 12.5. The molecule has 4 nitrogen and oxygen atoms in total. The van der Waals surface area contributed by atoms with Crippen LogP contribution in [0.1, 0.15) is 12.0 Å². The third-order valence-corrected chi connectivity index (χ3v) is 3.35. The summed E-state index contributed by atoms with van der Waals surface area (Å²) >= 11 is 5.94. The van der Waals surface area contributed by atoms with Crippen molar-refractivity contribution >= 4 is 28.9 Å². The first-order valence-corrected chi connectivity index (χ1v) is 6.97. The monoisotopic (exact) mass is 304 g/mol. The molecule has 0 aliphatic rings. The van der Waals surface area contributed by atoms with Gasteiger partial charge < -0.3 is 15.8 Å². The van der Waals surface area contributed by atoms with E-state index in [1.165, 1.54) is 0 Å². The fraction of sp³-hybridized carbons (Fsp3) is 0.188. The quantitative estimate of drug-likeness (QED) is 0.829. The standard InChI is InChI=1S/C16H17ClN2O2/c1-11-10-14(6-7-15(11)17)21-9-8-16(20)19-13-4-2-12(18)3-5-13/h2-7,10H,8-9,18H2,1H3,(H,19,20). The number of hydrogen-bond acceptors (Lipinski definition) is 3. The van der Waals surface area contributed by atoms with Gasteiger partial charge in [-0.3, -0.25) is 4.79 Å². The number of nitrogens with one attached hydrogen (secondary N) is 1. The van der Waals surface area contributed by atoms with Crippen LogP contribution in [-0.4, -0.2) is 12.5 Å². The van der Waals surface area contributed by atoms with Crippen molar-refractivity contribution in [2.75, 3.05) is 17.7 Å². The van der Waals surface area contributed by atoms with E-state index in [4.69, 9.17) is 22.1 Å². The molecule has 0 saturated heterocycles. The second-order valence-electron chi connectivity index (χ2n) is 4.68. The van der Waals surface area contributed by atoms with E-state index in [0.717, 1.165) is 11.3 Å². The van der Waals surface area contributed by atoms with E-state index in [0.29, 0.717) is 23.1 Å². The lowest BCUT2D eigenvalue weighted by atomic mass is 10.2. The number of aryl methyl sites for hydroxylation is 1. The maximum Gasteiger partial charge on any atom is 0.227 e. The van der Waals surface area contributed by atoms with Crippen LogP contribution in [0.3, 0.4) is 0 Å². The average molecular weight is 305 g/mol. The van der Waals surface area contributed by atoms with Gasteiger partial charge in [0.25, 0.3) is 0 Å². The molecule has 0 fully saturated rings. The lowest BCUT2D eigenvalue weighted by Crippen LogP contribution is -2.15. The Balaban J connectivity index is 1.78. The summed E-state index contributed by atoms with van der Waals surface area (Å²) in [6.45, 7) is 2.21. The average Bonchev–Trinajstić information content (AvgIpc) is 2.45. The van der Waals surface area contributed by atoms with Crippen LogP contribution in [0, 0.1) is 6.92 Å². The van der Waals surface area contributed by atoms with Crippen molar-refractivity contribution in [2.45, 2.75) is 13.3 Å². The Bertz CT molecular complexity index is 627. The second kappa shape index (κ2) is 6.99.